The highest BCUT2D eigenvalue weighted by molar-refractivity contribution is 6.33. The molecule has 8 heteroatoms. The van der Waals surface area contributed by atoms with Gasteiger partial charge in [-0.3, -0.25) is 14.4 Å². The molecule has 3 atom stereocenters. The number of rotatable bonds is 4. The second kappa shape index (κ2) is 8.41. The molecule has 2 aliphatic heterocycles. The molecule has 2 bridgehead atoms. The van der Waals surface area contributed by atoms with Crippen molar-refractivity contribution in [3.05, 3.63) is 70.9 Å². The van der Waals surface area contributed by atoms with Gasteiger partial charge < -0.3 is 20.1 Å². The van der Waals surface area contributed by atoms with Gasteiger partial charge in [0.2, 0.25) is 5.91 Å². The van der Waals surface area contributed by atoms with Crippen molar-refractivity contribution in [1.29, 1.82) is 0 Å². The summed E-state index contributed by atoms with van der Waals surface area (Å²) in [7, 11) is 0. The third-order valence-corrected chi connectivity index (χ3v) is 7.53. The van der Waals surface area contributed by atoms with Gasteiger partial charge >= 0.3 is 0 Å². The van der Waals surface area contributed by atoms with E-state index in [0.717, 1.165) is 17.3 Å². The number of hydrogen-bond acceptors (Lipinski definition) is 3. The highest BCUT2D eigenvalue weighted by atomic mass is 35.5. The minimum atomic E-state index is -0.628. The number of primary amides is 1. The summed E-state index contributed by atoms with van der Waals surface area (Å²) < 4.78 is 1.80. The zero-order valence-corrected chi connectivity index (χ0v) is 20.8. The van der Waals surface area contributed by atoms with Crippen molar-refractivity contribution in [3.63, 3.8) is 0 Å². The Labute approximate surface area is 209 Å². The second-order valence-corrected chi connectivity index (χ2v) is 11.0. The van der Waals surface area contributed by atoms with Gasteiger partial charge in [-0.25, -0.2) is 0 Å². The van der Waals surface area contributed by atoms with Crippen LogP contribution in [0.15, 0.2) is 54.6 Å². The molecule has 3 amide bonds. The average Bonchev–Trinajstić information content (AvgIpc) is 3.51. The van der Waals surface area contributed by atoms with Crippen molar-refractivity contribution in [3.8, 4) is 0 Å². The maximum atomic E-state index is 14.1. The largest absolute Gasteiger partial charge is 0.364 e. The van der Waals surface area contributed by atoms with Gasteiger partial charge in [0.15, 0.2) is 0 Å². The van der Waals surface area contributed by atoms with Crippen LogP contribution in [0, 0.1) is 5.41 Å². The van der Waals surface area contributed by atoms with E-state index in [0.29, 0.717) is 29.4 Å². The van der Waals surface area contributed by atoms with Crippen LogP contribution < -0.4 is 5.73 Å². The number of nitrogens with zero attached hydrogens (tertiary/aromatic N) is 3. The number of carbonyl (C=O) groups excluding carboxylic acids is 3. The van der Waals surface area contributed by atoms with Crippen LogP contribution in [0.1, 0.15) is 54.1 Å². The minimum Gasteiger partial charge on any atom is -0.364 e. The summed E-state index contributed by atoms with van der Waals surface area (Å²) in [5.41, 5.74) is 6.87. The third kappa shape index (κ3) is 3.88. The van der Waals surface area contributed by atoms with Crippen molar-refractivity contribution in [2.45, 2.75) is 45.3 Å². The summed E-state index contributed by atoms with van der Waals surface area (Å²) in [4.78, 5) is 43.4. The van der Waals surface area contributed by atoms with Crippen LogP contribution in [-0.2, 0) is 4.79 Å². The fraction of sp³-hybridized carbons (Fsp3) is 0.370. The highest BCUT2D eigenvalue weighted by Crippen LogP contribution is 2.41. The lowest BCUT2D eigenvalue weighted by molar-refractivity contribution is -0.140. The predicted octanol–water partition coefficient (Wildman–Crippen LogP) is 4.11. The molecule has 0 saturated carbocycles. The van der Waals surface area contributed by atoms with Crippen LogP contribution in [0.4, 0.5) is 0 Å². The van der Waals surface area contributed by atoms with Gasteiger partial charge in [-0.05, 0) is 36.1 Å². The standard InChI is InChI=1S/C27H29ClN4O3/c1-27(2,3)23(32-21-11-7-4-8-16(21)12-22(32)24(29)33)26(35)31-15-17-13-18(31)14-30(17)25(34)19-9-5-6-10-20(19)28/h4-12,17-18,23H,13-15H2,1-3H3,(H2,29,33)/t17-,18-,23+/m0/s1. The maximum Gasteiger partial charge on any atom is 0.265 e. The Bertz CT molecular complexity index is 1340. The van der Waals surface area contributed by atoms with Crippen LogP contribution >= 0.6 is 11.6 Å². The maximum absolute atomic E-state index is 14.1. The summed E-state index contributed by atoms with van der Waals surface area (Å²) >= 11 is 6.26. The van der Waals surface area contributed by atoms with Crippen LogP contribution in [0.5, 0.6) is 0 Å². The molecule has 0 radical (unpaired) electrons. The number of likely N-dealkylation sites (tertiary alicyclic amines) is 2. The van der Waals surface area contributed by atoms with Gasteiger partial charge in [0.05, 0.1) is 22.7 Å². The van der Waals surface area contributed by atoms with Gasteiger partial charge in [0.1, 0.15) is 11.7 Å². The molecule has 0 spiro atoms. The summed E-state index contributed by atoms with van der Waals surface area (Å²) in [6, 6.07) is 15.6. The normalized spacial score (nSPS) is 20.5. The van der Waals surface area contributed by atoms with Gasteiger partial charge in [-0.2, -0.15) is 0 Å². The Kier molecular flexibility index (Phi) is 5.63. The van der Waals surface area contributed by atoms with E-state index in [1.165, 1.54) is 0 Å². The van der Waals surface area contributed by atoms with E-state index in [4.69, 9.17) is 17.3 Å². The molecule has 7 nitrogen and oxygen atoms in total. The number of halogens is 1. The Morgan fingerprint density at radius 1 is 0.971 bits per heavy atom. The second-order valence-electron chi connectivity index (χ2n) is 10.6. The zero-order chi connectivity index (χ0) is 25.1. The quantitative estimate of drug-likeness (QED) is 0.594. The van der Waals surface area contributed by atoms with Crippen LogP contribution in [0.25, 0.3) is 10.9 Å². The molecule has 2 N–H and O–H groups in total. The van der Waals surface area contributed by atoms with Crippen molar-refractivity contribution in [2.75, 3.05) is 13.1 Å². The number of benzene rings is 2. The number of carbonyl (C=O) groups is 3. The van der Waals surface area contributed by atoms with E-state index in [1.807, 2.05) is 54.8 Å². The van der Waals surface area contributed by atoms with E-state index in [-0.39, 0.29) is 23.9 Å². The first-order valence-electron chi connectivity index (χ1n) is 11.8. The van der Waals surface area contributed by atoms with Gasteiger partial charge in [0, 0.05) is 24.0 Å². The van der Waals surface area contributed by atoms with Crippen molar-refractivity contribution in [1.82, 2.24) is 14.4 Å². The van der Waals surface area contributed by atoms with Crippen LogP contribution in [0.2, 0.25) is 5.02 Å². The molecule has 2 aliphatic rings. The number of para-hydroxylation sites is 1. The molecule has 0 aliphatic carbocycles. The number of aromatic nitrogens is 1. The Morgan fingerprint density at radius 2 is 1.60 bits per heavy atom. The molecule has 2 saturated heterocycles. The molecule has 2 fully saturated rings. The van der Waals surface area contributed by atoms with E-state index in [1.54, 1.807) is 34.9 Å². The third-order valence-electron chi connectivity index (χ3n) is 7.20. The first-order chi connectivity index (χ1) is 16.6. The van der Waals surface area contributed by atoms with Gasteiger partial charge in [-0.1, -0.05) is 62.7 Å². The first-order valence-corrected chi connectivity index (χ1v) is 12.2. The van der Waals surface area contributed by atoms with Crippen molar-refractivity contribution < 1.29 is 14.4 Å². The molecular formula is C27H29ClN4O3. The molecule has 35 heavy (non-hydrogen) atoms. The Balaban J connectivity index is 1.46. The highest BCUT2D eigenvalue weighted by Gasteiger charge is 2.50. The van der Waals surface area contributed by atoms with Crippen LogP contribution in [-0.4, -0.2) is 57.3 Å². The van der Waals surface area contributed by atoms with Crippen molar-refractivity contribution in [2.24, 2.45) is 11.1 Å². The SMILES string of the molecule is CC(C)(C)[C@@H](C(=O)N1C[C@@H]2C[C@H]1CN2C(=O)c1ccccc1Cl)n1c(C(N)=O)cc2ccccc21. The molecule has 0 unspecified atom stereocenters. The number of fused-ring (bicyclic) bond motifs is 3. The summed E-state index contributed by atoms with van der Waals surface area (Å²) in [6.07, 6.45) is 0.730. The molecule has 2 aromatic carbocycles. The van der Waals surface area contributed by atoms with Crippen LogP contribution in [0.3, 0.4) is 0 Å². The number of amides is 3. The zero-order valence-electron chi connectivity index (χ0n) is 20.1. The monoisotopic (exact) mass is 492 g/mol. The predicted molar refractivity (Wildman–Crippen MR) is 135 cm³/mol. The Hall–Kier alpha value is -3.32. The van der Waals surface area contributed by atoms with E-state index in [2.05, 4.69) is 0 Å². The van der Waals surface area contributed by atoms with E-state index in [9.17, 15) is 14.4 Å². The fourth-order valence-corrected chi connectivity index (χ4v) is 5.86. The number of piperazine rings is 1. The topological polar surface area (TPSA) is 88.6 Å². The number of nitrogens with two attached hydrogens (primary N) is 1. The molecule has 3 heterocycles. The van der Waals surface area contributed by atoms with Crippen molar-refractivity contribution >= 4 is 40.2 Å². The summed E-state index contributed by atoms with van der Waals surface area (Å²) in [5.74, 6) is -0.726. The number of hydrogen-bond donors (Lipinski definition) is 1. The van der Waals surface area contributed by atoms with E-state index >= 15 is 0 Å². The molecular weight excluding hydrogens is 464 g/mol. The smallest absolute Gasteiger partial charge is 0.265 e. The summed E-state index contributed by atoms with van der Waals surface area (Å²) in [5, 5.41) is 1.29. The van der Waals surface area contributed by atoms with Gasteiger partial charge in [0.25, 0.3) is 11.8 Å². The van der Waals surface area contributed by atoms with E-state index < -0.39 is 17.4 Å². The molecule has 3 aromatic rings. The minimum absolute atomic E-state index is 0.0568. The summed E-state index contributed by atoms with van der Waals surface area (Å²) in [6.45, 7) is 6.91. The Morgan fingerprint density at radius 3 is 2.23 bits per heavy atom. The fourth-order valence-electron chi connectivity index (χ4n) is 5.64. The lowest BCUT2D eigenvalue weighted by Gasteiger charge is -2.40. The molecule has 1 aromatic heterocycles. The molecule has 182 valence electrons. The van der Waals surface area contributed by atoms with Gasteiger partial charge in [-0.15, -0.1) is 0 Å². The molecule has 5 rings (SSSR count). The first kappa shape index (κ1) is 23.4. The lowest BCUT2D eigenvalue weighted by atomic mass is 9.85. The average molecular weight is 493 g/mol. The lowest BCUT2D eigenvalue weighted by Crippen LogP contribution is -2.53.